The molecule has 0 saturated heterocycles. The van der Waals surface area contributed by atoms with Crippen molar-refractivity contribution in [3.63, 3.8) is 0 Å². The van der Waals surface area contributed by atoms with Gasteiger partial charge in [0.25, 0.3) is 0 Å². The second-order valence-corrected chi connectivity index (χ2v) is 7.40. The maximum atomic E-state index is 5.58. The molecule has 5 nitrogen and oxygen atoms in total. The van der Waals surface area contributed by atoms with Gasteiger partial charge < -0.3 is 20.3 Å². The first-order valence-electron chi connectivity index (χ1n) is 10.2. The van der Waals surface area contributed by atoms with E-state index in [1.807, 2.05) is 0 Å². The molecule has 3 rings (SSSR count). The van der Waals surface area contributed by atoms with Crippen LogP contribution in [0.15, 0.2) is 23.2 Å². The highest BCUT2D eigenvalue weighted by Crippen LogP contribution is 2.25. The van der Waals surface area contributed by atoms with Gasteiger partial charge >= 0.3 is 0 Å². The van der Waals surface area contributed by atoms with Crippen molar-refractivity contribution in [1.82, 2.24) is 15.5 Å². The van der Waals surface area contributed by atoms with Gasteiger partial charge in [-0.15, -0.1) is 0 Å². The van der Waals surface area contributed by atoms with Gasteiger partial charge in [-0.25, -0.2) is 0 Å². The highest BCUT2D eigenvalue weighted by atomic mass is 16.5. The highest BCUT2D eigenvalue weighted by Gasteiger charge is 2.18. The topological polar surface area (TPSA) is 48.9 Å². The molecule has 0 unspecified atom stereocenters. The second kappa shape index (κ2) is 9.81. The van der Waals surface area contributed by atoms with Crippen molar-refractivity contribution in [2.75, 3.05) is 39.8 Å². The Labute approximate surface area is 158 Å². The maximum Gasteiger partial charge on any atom is 0.191 e. The highest BCUT2D eigenvalue weighted by molar-refractivity contribution is 5.79. The van der Waals surface area contributed by atoms with Gasteiger partial charge in [0.05, 0.1) is 13.2 Å². The third-order valence-corrected chi connectivity index (χ3v) is 5.47. The van der Waals surface area contributed by atoms with Crippen LogP contribution in [0.25, 0.3) is 0 Å². The molecule has 1 saturated carbocycles. The summed E-state index contributed by atoms with van der Waals surface area (Å²) < 4.78 is 5.58. The number of fused-ring (bicyclic) bond motifs is 1. The monoisotopic (exact) mass is 358 g/mol. The number of ether oxygens (including phenoxy) is 1. The Kier molecular flexibility index (Phi) is 7.18. The molecule has 5 heteroatoms. The molecule has 1 aliphatic carbocycles. The van der Waals surface area contributed by atoms with Crippen LogP contribution in [-0.2, 0) is 12.8 Å². The van der Waals surface area contributed by atoms with Crippen molar-refractivity contribution < 1.29 is 4.74 Å². The van der Waals surface area contributed by atoms with Crippen molar-refractivity contribution in [1.29, 1.82) is 0 Å². The first-order valence-corrected chi connectivity index (χ1v) is 10.2. The van der Waals surface area contributed by atoms with Gasteiger partial charge in [-0.1, -0.05) is 25.0 Å². The molecule has 2 N–H and O–H groups in total. The number of hydrogen-bond acceptors (Lipinski definition) is 3. The molecule has 2 aliphatic rings. The molecule has 1 fully saturated rings. The van der Waals surface area contributed by atoms with Crippen molar-refractivity contribution in [2.45, 2.75) is 51.5 Å². The summed E-state index contributed by atoms with van der Waals surface area (Å²) in [4.78, 5) is 7.23. The van der Waals surface area contributed by atoms with E-state index in [9.17, 15) is 0 Å². The Hall–Kier alpha value is -1.75. The van der Waals surface area contributed by atoms with Crippen LogP contribution >= 0.6 is 0 Å². The lowest BCUT2D eigenvalue weighted by atomic mass is 10.1. The minimum Gasteiger partial charge on any atom is -0.493 e. The second-order valence-electron chi connectivity index (χ2n) is 7.40. The molecule has 1 aromatic rings. The predicted octanol–water partition coefficient (Wildman–Crippen LogP) is 2.59. The van der Waals surface area contributed by atoms with Gasteiger partial charge in [0.15, 0.2) is 5.96 Å². The number of benzene rings is 1. The van der Waals surface area contributed by atoms with E-state index in [1.54, 1.807) is 0 Å². The largest absolute Gasteiger partial charge is 0.493 e. The molecule has 0 atom stereocenters. The molecule has 0 bridgehead atoms. The van der Waals surface area contributed by atoms with Crippen LogP contribution in [0.5, 0.6) is 5.75 Å². The fourth-order valence-corrected chi connectivity index (χ4v) is 3.91. The van der Waals surface area contributed by atoms with Crippen molar-refractivity contribution in [3.05, 3.63) is 29.3 Å². The Morgan fingerprint density at radius 1 is 1.27 bits per heavy atom. The van der Waals surface area contributed by atoms with Crippen LogP contribution < -0.4 is 15.4 Å². The van der Waals surface area contributed by atoms with Crippen molar-refractivity contribution in [2.24, 2.45) is 4.99 Å². The van der Waals surface area contributed by atoms with E-state index >= 15 is 0 Å². The molecule has 144 valence electrons. The summed E-state index contributed by atoms with van der Waals surface area (Å²) in [5.74, 6) is 1.99. The number of rotatable bonds is 8. The summed E-state index contributed by atoms with van der Waals surface area (Å²) in [7, 11) is 2.24. The number of likely N-dealkylation sites (N-methyl/N-ethyl adjacent to an activating group) is 1. The molecule has 0 aromatic heterocycles. The molecule has 1 aromatic carbocycles. The van der Waals surface area contributed by atoms with E-state index in [0.717, 1.165) is 63.4 Å². The summed E-state index contributed by atoms with van der Waals surface area (Å²) in [6, 6.07) is 7.33. The SMILES string of the molecule is CCNC(=NCCN(C)C1CCCC1)NCCc1ccc2c(c1)CCO2. The van der Waals surface area contributed by atoms with E-state index in [-0.39, 0.29) is 0 Å². The van der Waals surface area contributed by atoms with E-state index in [1.165, 1.54) is 36.8 Å². The third kappa shape index (κ3) is 5.37. The minimum atomic E-state index is 0.768. The van der Waals surface area contributed by atoms with E-state index < -0.39 is 0 Å². The van der Waals surface area contributed by atoms with E-state index in [4.69, 9.17) is 9.73 Å². The quantitative estimate of drug-likeness (QED) is 0.554. The summed E-state index contributed by atoms with van der Waals surface area (Å²) in [5, 5.41) is 6.82. The van der Waals surface area contributed by atoms with Gasteiger partial charge in [0.1, 0.15) is 5.75 Å². The first kappa shape index (κ1) is 19.0. The third-order valence-electron chi connectivity index (χ3n) is 5.47. The standard InChI is InChI=1S/C21H34N4O/c1-3-22-21(24-13-14-25(2)19-6-4-5-7-19)23-12-10-17-8-9-20-18(16-17)11-15-26-20/h8-9,16,19H,3-7,10-15H2,1-2H3,(H2,22,23,24). The Balaban J connectivity index is 1.42. The van der Waals surface area contributed by atoms with E-state index in [2.05, 4.69) is 47.7 Å². The summed E-state index contributed by atoms with van der Waals surface area (Å²) in [6.45, 7) is 6.60. The predicted molar refractivity (Wildman–Crippen MR) is 108 cm³/mol. The lowest BCUT2D eigenvalue weighted by Crippen LogP contribution is -2.39. The first-order chi connectivity index (χ1) is 12.8. The van der Waals surface area contributed by atoms with Crippen LogP contribution in [0.4, 0.5) is 0 Å². The molecule has 1 heterocycles. The normalized spacial score (nSPS) is 17.4. The van der Waals surface area contributed by atoms with Crippen LogP contribution in [0, 0.1) is 0 Å². The van der Waals surface area contributed by atoms with Crippen molar-refractivity contribution in [3.8, 4) is 5.75 Å². The molecule has 0 amide bonds. The van der Waals surface area contributed by atoms with Gasteiger partial charge in [-0.3, -0.25) is 4.99 Å². The lowest BCUT2D eigenvalue weighted by Gasteiger charge is -2.23. The zero-order valence-electron chi connectivity index (χ0n) is 16.4. The average Bonchev–Trinajstić information content (AvgIpc) is 3.33. The summed E-state index contributed by atoms with van der Waals surface area (Å²) in [5.41, 5.74) is 2.71. The zero-order chi connectivity index (χ0) is 18.2. The number of nitrogens with one attached hydrogen (secondary N) is 2. The van der Waals surface area contributed by atoms with Crippen LogP contribution in [0.3, 0.4) is 0 Å². The van der Waals surface area contributed by atoms with Gasteiger partial charge in [-0.2, -0.15) is 0 Å². The minimum absolute atomic E-state index is 0.768. The zero-order valence-corrected chi connectivity index (χ0v) is 16.4. The Bertz CT molecular complexity index is 596. The fourth-order valence-electron chi connectivity index (χ4n) is 3.91. The number of aliphatic imine (C=N–C) groups is 1. The molecule has 1 aliphatic heterocycles. The van der Waals surface area contributed by atoms with Gasteiger partial charge in [0.2, 0.25) is 0 Å². The van der Waals surface area contributed by atoms with Crippen LogP contribution in [0.1, 0.15) is 43.7 Å². The lowest BCUT2D eigenvalue weighted by molar-refractivity contribution is 0.252. The number of nitrogens with zero attached hydrogens (tertiary/aromatic N) is 2. The van der Waals surface area contributed by atoms with Gasteiger partial charge in [0, 0.05) is 32.1 Å². The molecular weight excluding hydrogens is 324 g/mol. The molecule has 0 spiro atoms. The number of guanidine groups is 1. The van der Waals surface area contributed by atoms with Crippen LogP contribution in [-0.4, -0.2) is 56.7 Å². The number of hydrogen-bond donors (Lipinski definition) is 2. The van der Waals surface area contributed by atoms with E-state index in [0.29, 0.717) is 0 Å². The summed E-state index contributed by atoms with van der Waals surface area (Å²) >= 11 is 0. The molecule has 0 radical (unpaired) electrons. The molecule has 26 heavy (non-hydrogen) atoms. The summed E-state index contributed by atoms with van der Waals surface area (Å²) in [6.07, 6.45) is 7.51. The smallest absolute Gasteiger partial charge is 0.191 e. The average molecular weight is 359 g/mol. The maximum absolute atomic E-state index is 5.58. The fraction of sp³-hybridized carbons (Fsp3) is 0.667. The molecular formula is C21H34N4O. The Morgan fingerprint density at radius 2 is 2.12 bits per heavy atom. The van der Waals surface area contributed by atoms with Crippen LogP contribution in [0.2, 0.25) is 0 Å². The van der Waals surface area contributed by atoms with Gasteiger partial charge in [-0.05, 0) is 50.4 Å². The van der Waals surface area contributed by atoms with Crippen molar-refractivity contribution >= 4 is 5.96 Å². The Morgan fingerprint density at radius 3 is 2.92 bits per heavy atom.